The van der Waals surface area contributed by atoms with Gasteiger partial charge in [0.25, 0.3) is 0 Å². The minimum absolute atomic E-state index is 0.0204. The lowest BCUT2D eigenvalue weighted by atomic mass is 10.0. The summed E-state index contributed by atoms with van der Waals surface area (Å²) >= 11 is 0. The molecule has 2 aromatic heterocycles. The molecule has 9 nitrogen and oxygen atoms in total. The fourth-order valence-electron chi connectivity index (χ4n) is 5.16. The zero-order valence-electron chi connectivity index (χ0n) is 24.4. The maximum Gasteiger partial charge on any atom is 0.230 e. The molecule has 2 aromatic carbocycles. The van der Waals surface area contributed by atoms with E-state index in [1.165, 1.54) is 6.08 Å². The number of aromatic nitrogens is 4. The van der Waals surface area contributed by atoms with Crippen LogP contribution in [0.2, 0.25) is 0 Å². The van der Waals surface area contributed by atoms with Gasteiger partial charge in [-0.25, -0.2) is 0 Å². The van der Waals surface area contributed by atoms with Crippen LogP contribution >= 0.6 is 0 Å². The summed E-state index contributed by atoms with van der Waals surface area (Å²) in [5.74, 6) is 3.08. The molecule has 1 aliphatic heterocycles. The van der Waals surface area contributed by atoms with Crippen molar-refractivity contribution >= 4 is 23.3 Å². The molecule has 0 bridgehead atoms. The zero-order valence-corrected chi connectivity index (χ0v) is 24.4. The van der Waals surface area contributed by atoms with Crippen LogP contribution in [0.15, 0.2) is 67.4 Å². The summed E-state index contributed by atoms with van der Waals surface area (Å²) in [5.41, 5.74) is 3.87. The lowest BCUT2D eigenvalue weighted by Gasteiger charge is -2.35. The van der Waals surface area contributed by atoms with Crippen LogP contribution in [0, 0.1) is 0 Å². The van der Waals surface area contributed by atoms with E-state index in [0.717, 1.165) is 60.0 Å². The quantitative estimate of drug-likeness (QED) is 0.244. The zero-order chi connectivity index (χ0) is 28.9. The smallest absolute Gasteiger partial charge is 0.230 e. The third-order valence-electron chi connectivity index (χ3n) is 7.57. The first-order valence-corrected chi connectivity index (χ1v) is 14.2. The second kappa shape index (κ2) is 12.5. The molecule has 0 atom stereocenters. The molecule has 4 aromatic rings. The Morgan fingerprint density at radius 3 is 2.44 bits per heavy atom. The minimum Gasteiger partial charge on any atom is -0.457 e. The van der Waals surface area contributed by atoms with Gasteiger partial charge in [0.15, 0.2) is 11.4 Å². The second-order valence-corrected chi connectivity index (χ2v) is 11.1. The third kappa shape index (κ3) is 6.74. The highest BCUT2D eigenvalue weighted by atomic mass is 16.5. The number of ether oxygens (including phenoxy) is 1. The number of hydrogen-bond acceptors (Lipinski definition) is 8. The Morgan fingerprint density at radius 2 is 1.78 bits per heavy atom. The molecule has 0 unspecified atom stereocenters. The molecule has 0 spiro atoms. The van der Waals surface area contributed by atoms with E-state index in [4.69, 9.17) is 14.7 Å². The summed E-state index contributed by atoms with van der Waals surface area (Å²) in [4.78, 5) is 26.3. The Morgan fingerprint density at radius 1 is 1.10 bits per heavy atom. The first-order valence-electron chi connectivity index (χ1n) is 14.2. The number of rotatable bonds is 11. The highest BCUT2D eigenvalue weighted by molar-refractivity contribution is 5.90. The van der Waals surface area contributed by atoms with E-state index in [1.807, 2.05) is 59.2 Å². The van der Waals surface area contributed by atoms with Crippen LogP contribution in [0.1, 0.15) is 49.3 Å². The Labute approximate surface area is 241 Å². The SMILES string of the molecule is C=CC(=O)Cc1cccc(Oc2cccc(CNc3nc(N4CCC(N(C)C)CC4)nc4c(C(C)C)cnn34)c2)c1. The van der Waals surface area contributed by atoms with Crippen molar-refractivity contribution in [3.8, 4) is 11.5 Å². The van der Waals surface area contributed by atoms with E-state index in [0.29, 0.717) is 36.6 Å². The number of ketones is 1. The van der Waals surface area contributed by atoms with Crippen molar-refractivity contribution in [1.29, 1.82) is 0 Å². The van der Waals surface area contributed by atoms with Gasteiger partial charge in [-0.2, -0.15) is 19.6 Å². The number of carbonyl (C=O) groups excluding carboxylic acids is 1. The number of nitrogens with zero attached hydrogens (tertiary/aromatic N) is 6. The summed E-state index contributed by atoms with van der Waals surface area (Å²) in [5, 5.41) is 8.13. The fourth-order valence-corrected chi connectivity index (χ4v) is 5.16. The molecule has 41 heavy (non-hydrogen) atoms. The number of hydrogen-bond donors (Lipinski definition) is 1. The van der Waals surface area contributed by atoms with Gasteiger partial charge in [-0.1, -0.05) is 44.7 Å². The van der Waals surface area contributed by atoms with Gasteiger partial charge < -0.3 is 19.9 Å². The maximum absolute atomic E-state index is 11.8. The average Bonchev–Trinajstić information content (AvgIpc) is 3.41. The Balaban J connectivity index is 1.34. The Kier molecular flexibility index (Phi) is 8.64. The van der Waals surface area contributed by atoms with Gasteiger partial charge in [-0.15, -0.1) is 0 Å². The monoisotopic (exact) mass is 553 g/mol. The summed E-state index contributed by atoms with van der Waals surface area (Å²) in [6.07, 6.45) is 5.72. The topological polar surface area (TPSA) is 87.9 Å². The molecule has 1 N–H and O–H groups in total. The highest BCUT2D eigenvalue weighted by Gasteiger charge is 2.24. The summed E-state index contributed by atoms with van der Waals surface area (Å²) in [6, 6.07) is 16.1. The van der Waals surface area contributed by atoms with Crippen LogP contribution in [0.25, 0.3) is 5.65 Å². The molecule has 1 saturated heterocycles. The number of fused-ring (bicyclic) bond motifs is 1. The van der Waals surface area contributed by atoms with Crippen molar-refractivity contribution in [2.24, 2.45) is 0 Å². The van der Waals surface area contributed by atoms with E-state index in [1.54, 1.807) is 0 Å². The standard InChI is InChI=1S/C32H39N7O2/c1-6-26(40)17-23-9-7-11-27(18-23)41-28-12-8-10-24(19-28)20-33-31-36-32(38-15-13-25(14-16-38)37(4)5)35-30-29(22(2)3)21-34-39(30)31/h6-12,18-19,21-22,25H,1,13-17,20H2,2-5H3,(H,33,35,36). The normalized spacial score (nSPS) is 14.1. The summed E-state index contributed by atoms with van der Waals surface area (Å²) < 4.78 is 7.94. The van der Waals surface area contributed by atoms with Crippen LogP contribution in [-0.2, 0) is 17.8 Å². The van der Waals surface area contributed by atoms with Gasteiger partial charge in [0, 0.05) is 37.7 Å². The van der Waals surface area contributed by atoms with Crippen molar-refractivity contribution in [2.45, 2.75) is 51.6 Å². The molecule has 9 heteroatoms. The van der Waals surface area contributed by atoms with Crippen LogP contribution in [0.4, 0.5) is 11.9 Å². The number of allylic oxidation sites excluding steroid dienone is 1. The highest BCUT2D eigenvalue weighted by Crippen LogP contribution is 2.27. The Hall–Kier alpha value is -4.24. The van der Waals surface area contributed by atoms with E-state index in [9.17, 15) is 4.79 Å². The maximum atomic E-state index is 11.8. The molecule has 3 heterocycles. The van der Waals surface area contributed by atoms with Gasteiger partial charge >= 0.3 is 0 Å². The van der Waals surface area contributed by atoms with Crippen molar-refractivity contribution in [3.63, 3.8) is 0 Å². The molecule has 5 rings (SSSR count). The van der Waals surface area contributed by atoms with E-state index < -0.39 is 0 Å². The van der Waals surface area contributed by atoms with Crippen molar-refractivity contribution in [1.82, 2.24) is 24.5 Å². The largest absolute Gasteiger partial charge is 0.457 e. The van der Waals surface area contributed by atoms with Crippen LogP contribution in [0.5, 0.6) is 11.5 Å². The van der Waals surface area contributed by atoms with E-state index >= 15 is 0 Å². The molecular formula is C32H39N7O2. The molecule has 1 aliphatic rings. The Bertz CT molecular complexity index is 1520. The van der Waals surface area contributed by atoms with E-state index in [2.05, 4.69) is 54.7 Å². The van der Waals surface area contributed by atoms with Gasteiger partial charge in [0.1, 0.15) is 11.5 Å². The summed E-state index contributed by atoms with van der Waals surface area (Å²) in [6.45, 7) is 10.3. The molecule has 214 valence electrons. The lowest BCUT2D eigenvalue weighted by molar-refractivity contribution is -0.114. The van der Waals surface area contributed by atoms with Gasteiger partial charge in [0.2, 0.25) is 11.9 Å². The number of benzene rings is 2. The number of piperidine rings is 1. The predicted molar refractivity (Wildman–Crippen MR) is 163 cm³/mol. The minimum atomic E-state index is -0.0204. The first-order chi connectivity index (χ1) is 19.8. The van der Waals surface area contributed by atoms with Crippen molar-refractivity contribution < 1.29 is 9.53 Å². The second-order valence-electron chi connectivity index (χ2n) is 11.1. The number of carbonyl (C=O) groups is 1. The van der Waals surface area contributed by atoms with Gasteiger partial charge in [0.05, 0.1) is 6.20 Å². The predicted octanol–water partition coefficient (Wildman–Crippen LogP) is 5.48. The van der Waals surface area contributed by atoms with Gasteiger partial charge in [-0.05, 0) is 74.3 Å². The molecule has 0 radical (unpaired) electrons. The summed E-state index contributed by atoms with van der Waals surface area (Å²) in [7, 11) is 4.30. The molecule has 0 aliphatic carbocycles. The average molecular weight is 554 g/mol. The van der Waals surface area contributed by atoms with Crippen molar-refractivity contribution in [2.75, 3.05) is 37.4 Å². The fraction of sp³-hybridized carbons (Fsp3) is 0.375. The lowest BCUT2D eigenvalue weighted by Crippen LogP contribution is -2.42. The molecule has 1 fully saturated rings. The number of nitrogens with one attached hydrogen (secondary N) is 1. The van der Waals surface area contributed by atoms with E-state index in [-0.39, 0.29) is 5.78 Å². The molecule has 0 saturated carbocycles. The van der Waals surface area contributed by atoms with Crippen molar-refractivity contribution in [3.05, 3.63) is 84.1 Å². The molecule has 0 amide bonds. The van der Waals surface area contributed by atoms with Crippen LogP contribution in [-0.4, -0.2) is 63.5 Å². The first kappa shape index (κ1) is 28.3. The molecular weight excluding hydrogens is 514 g/mol. The van der Waals surface area contributed by atoms with Crippen LogP contribution in [0.3, 0.4) is 0 Å². The number of anilines is 2. The van der Waals surface area contributed by atoms with Crippen LogP contribution < -0.4 is 15.0 Å². The van der Waals surface area contributed by atoms with Gasteiger partial charge in [-0.3, -0.25) is 4.79 Å². The third-order valence-corrected chi connectivity index (χ3v) is 7.57.